The van der Waals surface area contributed by atoms with E-state index < -0.39 is 0 Å². The van der Waals surface area contributed by atoms with Gasteiger partial charge in [-0.05, 0) is 139 Å². The van der Waals surface area contributed by atoms with Crippen molar-refractivity contribution in [1.82, 2.24) is 0 Å². The zero-order valence-electron chi connectivity index (χ0n) is 36.7. The van der Waals surface area contributed by atoms with Crippen molar-refractivity contribution < 1.29 is 0 Å². The first-order valence-corrected chi connectivity index (χ1v) is 23.1. The summed E-state index contributed by atoms with van der Waals surface area (Å²) >= 11 is 0. The SMILES string of the molecule is CCCCC1(CCCC)C2=C(C=C(C)C(C)C2)c2ccc(N(c3ccc4cc(C)ccc4c3)C3C=CC4=C(C3)C(CCCC)(CCCC)c3ccc(C)cc34)cc21. The molecule has 0 bridgehead atoms. The van der Waals surface area contributed by atoms with Gasteiger partial charge in [-0.15, -0.1) is 0 Å². The normalized spacial score (nSPS) is 20.1. The lowest BCUT2D eigenvalue weighted by Crippen LogP contribution is -2.36. The van der Waals surface area contributed by atoms with E-state index >= 15 is 0 Å². The molecule has 2 unspecified atom stereocenters. The molecule has 0 heterocycles. The van der Waals surface area contributed by atoms with Crippen LogP contribution in [-0.4, -0.2) is 6.04 Å². The van der Waals surface area contributed by atoms with Gasteiger partial charge >= 0.3 is 0 Å². The smallest absolute Gasteiger partial charge is 0.0563 e. The van der Waals surface area contributed by atoms with E-state index in [0.29, 0.717) is 5.92 Å². The summed E-state index contributed by atoms with van der Waals surface area (Å²) in [4.78, 5) is 2.75. The molecule has 0 radical (unpaired) electrons. The average Bonchev–Trinajstić information content (AvgIpc) is 3.62. The highest BCUT2D eigenvalue weighted by molar-refractivity contribution is 5.92. The first-order valence-electron chi connectivity index (χ1n) is 23.1. The molecule has 0 amide bonds. The topological polar surface area (TPSA) is 3.24 Å². The van der Waals surface area contributed by atoms with Gasteiger partial charge in [-0.25, -0.2) is 0 Å². The number of aryl methyl sites for hydroxylation is 2. The summed E-state index contributed by atoms with van der Waals surface area (Å²) in [6, 6.07) is 29.5. The molecule has 4 aromatic carbocycles. The molecule has 0 fully saturated rings. The summed E-state index contributed by atoms with van der Waals surface area (Å²) in [6.07, 6.45) is 25.0. The number of fused-ring (bicyclic) bond motifs is 5. The van der Waals surface area contributed by atoms with E-state index in [1.54, 1.807) is 27.8 Å². The van der Waals surface area contributed by atoms with Crippen molar-refractivity contribution in [2.75, 3.05) is 4.90 Å². The van der Waals surface area contributed by atoms with Crippen LogP contribution in [0.4, 0.5) is 11.4 Å². The Balaban J connectivity index is 1.30. The lowest BCUT2D eigenvalue weighted by atomic mass is 9.67. The second kappa shape index (κ2) is 16.3. The van der Waals surface area contributed by atoms with Gasteiger partial charge in [0.15, 0.2) is 0 Å². The van der Waals surface area contributed by atoms with Crippen molar-refractivity contribution >= 4 is 33.3 Å². The van der Waals surface area contributed by atoms with Crippen molar-refractivity contribution in [3.05, 3.63) is 141 Å². The maximum absolute atomic E-state index is 2.75. The van der Waals surface area contributed by atoms with Crippen LogP contribution in [0.25, 0.3) is 21.9 Å². The van der Waals surface area contributed by atoms with Crippen LogP contribution in [0.3, 0.4) is 0 Å². The lowest BCUT2D eigenvalue weighted by molar-refractivity contribution is 0.385. The molecule has 4 aromatic rings. The minimum Gasteiger partial charge on any atom is -0.334 e. The van der Waals surface area contributed by atoms with Crippen molar-refractivity contribution in [2.45, 2.75) is 162 Å². The molecule has 0 aliphatic heterocycles. The molecular weight excluding hydrogens is 687 g/mol. The Morgan fingerprint density at radius 2 is 1.12 bits per heavy atom. The molecule has 2 atom stereocenters. The van der Waals surface area contributed by atoms with Gasteiger partial charge in [0.1, 0.15) is 0 Å². The Morgan fingerprint density at radius 1 is 0.561 bits per heavy atom. The maximum atomic E-state index is 2.75. The Kier molecular flexibility index (Phi) is 11.3. The molecule has 1 heteroatoms. The molecule has 298 valence electrons. The van der Waals surface area contributed by atoms with Gasteiger partial charge in [-0.2, -0.15) is 0 Å². The van der Waals surface area contributed by atoms with Crippen molar-refractivity contribution in [1.29, 1.82) is 0 Å². The van der Waals surface area contributed by atoms with Gasteiger partial charge in [-0.3, -0.25) is 0 Å². The van der Waals surface area contributed by atoms with Crippen molar-refractivity contribution in [2.24, 2.45) is 5.92 Å². The number of benzene rings is 4. The first-order chi connectivity index (χ1) is 27.7. The van der Waals surface area contributed by atoms with Gasteiger partial charge in [0.05, 0.1) is 6.04 Å². The Hall–Kier alpha value is -4.10. The highest BCUT2D eigenvalue weighted by Crippen LogP contribution is 2.59. The van der Waals surface area contributed by atoms with Crippen LogP contribution in [0, 0.1) is 19.8 Å². The Bertz CT molecular complexity index is 2250. The quantitative estimate of drug-likeness (QED) is 0.117. The Morgan fingerprint density at radius 3 is 1.81 bits per heavy atom. The predicted octanol–water partition coefficient (Wildman–Crippen LogP) is 16.4. The molecule has 0 aromatic heterocycles. The van der Waals surface area contributed by atoms with E-state index in [0.717, 1.165) is 6.42 Å². The van der Waals surface area contributed by atoms with Crippen molar-refractivity contribution in [3.8, 4) is 0 Å². The van der Waals surface area contributed by atoms with Crippen LogP contribution >= 0.6 is 0 Å². The van der Waals surface area contributed by atoms with E-state index in [1.807, 2.05) is 0 Å². The number of allylic oxidation sites excluding steroid dienone is 6. The summed E-state index contributed by atoms with van der Waals surface area (Å²) in [5.74, 6) is 0.604. The molecule has 1 nitrogen and oxygen atoms in total. The molecule has 0 saturated heterocycles. The van der Waals surface area contributed by atoms with E-state index in [-0.39, 0.29) is 16.9 Å². The van der Waals surface area contributed by atoms with Crippen LogP contribution < -0.4 is 4.90 Å². The summed E-state index contributed by atoms with van der Waals surface area (Å²) < 4.78 is 0. The zero-order chi connectivity index (χ0) is 39.9. The highest BCUT2D eigenvalue weighted by atomic mass is 15.2. The number of anilines is 2. The summed E-state index contributed by atoms with van der Waals surface area (Å²) in [5, 5.41) is 2.64. The third kappa shape index (κ3) is 6.90. The molecule has 8 rings (SSSR count). The molecule has 0 saturated carbocycles. The van der Waals surface area contributed by atoms with Crippen LogP contribution in [0.2, 0.25) is 0 Å². The standard InChI is InChI=1S/C56H69N/c1-9-13-27-55(28-14-10-2)51-26-18-39(6)32-49(51)47-24-22-45(36-53(47)55)57(44-21-20-42-31-38(5)17-19-43(42)35-44)46-23-25-48-50-33-40(7)41(8)34-52(50)56(29-15-11-3,30-16-12-4)54(48)37-46/h17-26,31-33,35,37,41,45H,9-16,27-30,34,36H2,1-8H3. The predicted molar refractivity (Wildman–Crippen MR) is 249 cm³/mol. The fourth-order valence-electron chi connectivity index (χ4n) is 11.6. The van der Waals surface area contributed by atoms with E-state index in [4.69, 9.17) is 0 Å². The molecular formula is C56H69N. The van der Waals surface area contributed by atoms with Crippen LogP contribution in [0.5, 0.6) is 0 Å². The minimum atomic E-state index is 0.108. The summed E-state index contributed by atoms with van der Waals surface area (Å²) in [7, 11) is 0. The van der Waals surface area contributed by atoms with Gasteiger partial charge in [0.2, 0.25) is 0 Å². The molecule has 4 aliphatic rings. The zero-order valence-corrected chi connectivity index (χ0v) is 36.7. The Labute approximate surface area is 346 Å². The minimum absolute atomic E-state index is 0.108. The third-order valence-electron chi connectivity index (χ3n) is 14.8. The van der Waals surface area contributed by atoms with E-state index in [2.05, 4.69) is 151 Å². The average molecular weight is 756 g/mol. The van der Waals surface area contributed by atoms with Gasteiger partial charge < -0.3 is 4.90 Å². The van der Waals surface area contributed by atoms with Gasteiger partial charge in [0.25, 0.3) is 0 Å². The van der Waals surface area contributed by atoms with Crippen molar-refractivity contribution in [3.63, 3.8) is 0 Å². The summed E-state index contributed by atoms with van der Waals surface area (Å²) in [5.41, 5.74) is 19.8. The number of hydrogen-bond donors (Lipinski definition) is 0. The molecule has 57 heavy (non-hydrogen) atoms. The largest absolute Gasteiger partial charge is 0.334 e. The number of unbranched alkanes of at least 4 members (excludes halogenated alkanes) is 4. The van der Waals surface area contributed by atoms with Crippen LogP contribution in [-0.2, 0) is 10.8 Å². The number of nitrogens with zero attached hydrogens (tertiary/aromatic N) is 1. The number of rotatable bonds is 15. The monoisotopic (exact) mass is 756 g/mol. The molecule has 0 spiro atoms. The highest BCUT2D eigenvalue weighted by Gasteiger charge is 2.47. The lowest BCUT2D eigenvalue weighted by Gasteiger charge is -2.41. The fraction of sp³-hybridized carbons (Fsp3) is 0.464. The second-order valence-corrected chi connectivity index (χ2v) is 18.7. The van der Waals surface area contributed by atoms with Crippen LogP contribution in [0.15, 0.2) is 108 Å². The fourth-order valence-corrected chi connectivity index (χ4v) is 11.6. The third-order valence-corrected chi connectivity index (χ3v) is 14.8. The molecule has 4 aliphatic carbocycles. The molecule has 0 N–H and O–H groups in total. The van der Waals surface area contributed by atoms with Gasteiger partial charge in [-0.1, -0.05) is 175 Å². The van der Waals surface area contributed by atoms with Gasteiger partial charge in [0, 0.05) is 22.2 Å². The number of hydrogen-bond acceptors (Lipinski definition) is 1. The maximum Gasteiger partial charge on any atom is 0.0563 e. The van der Waals surface area contributed by atoms with E-state index in [9.17, 15) is 0 Å². The van der Waals surface area contributed by atoms with Crippen LogP contribution in [0.1, 0.15) is 165 Å². The second-order valence-electron chi connectivity index (χ2n) is 18.7. The van der Waals surface area contributed by atoms with E-state index in [1.165, 1.54) is 139 Å². The first kappa shape index (κ1) is 39.7. The summed E-state index contributed by atoms with van der Waals surface area (Å²) in [6.45, 7) is 18.8.